The first-order chi connectivity index (χ1) is 25.7. The van der Waals surface area contributed by atoms with Crippen LogP contribution in [0.5, 0.6) is 0 Å². The third-order valence-electron chi connectivity index (χ3n) is 9.08. The molecular formula is C42H79NaO10P. The summed E-state index contributed by atoms with van der Waals surface area (Å²) >= 11 is 0. The number of phosphoric acid groups is 1. The molecule has 0 aliphatic carbocycles. The van der Waals surface area contributed by atoms with Crippen LogP contribution in [0.3, 0.4) is 0 Å². The largest absolute Gasteiger partial charge is 0.472 e. The van der Waals surface area contributed by atoms with Crippen molar-refractivity contribution >= 4 is 49.3 Å². The molecule has 0 amide bonds. The molecule has 0 spiro atoms. The number of hydrogen-bond donors (Lipinski definition) is 3. The molecule has 0 aromatic heterocycles. The number of ether oxygens (including phenoxy) is 2. The summed E-state index contributed by atoms with van der Waals surface area (Å²) < 4.78 is 32.7. The van der Waals surface area contributed by atoms with E-state index in [1.165, 1.54) is 83.5 Å². The van der Waals surface area contributed by atoms with Gasteiger partial charge in [-0.3, -0.25) is 18.6 Å². The number of hydrogen-bond acceptors (Lipinski definition) is 9. The van der Waals surface area contributed by atoms with Crippen LogP contribution in [-0.2, 0) is 32.7 Å². The second-order valence-electron chi connectivity index (χ2n) is 14.4. The monoisotopic (exact) mass is 798 g/mol. The van der Waals surface area contributed by atoms with Crippen molar-refractivity contribution in [2.45, 2.75) is 206 Å². The van der Waals surface area contributed by atoms with E-state index in [-0.39, 0.29) is 49.0 Å². The van der Waals surface area contributed by atoms with Crippen LogP contribution in [0.15, 0.2) is 24.3 Å². The average molecular weight is 798 g/mol. The maximum Gasteiger partial charge on any atom is 0.472 e. The molecule has 313 valence electrons. The summed E-state index contributed by atoms with van der Waals surface area (Å²) in [6.07, 6.45) is 37.1. The van der Waals surface area contributed by atoms with Gasteiger partial charge in [-0.2, -0.15) is 0 Å². The Bertz CT molecular complexity index is 948. The number of rotatable bonds is 40. The second kappa shape index (κ2) is 42.1. The van der Waals surface area contributed by atoms with Gasteiger partial charge in [0.2, 0.25) is 0 Å². The molecule has 54 heavy (non-hydrogen) atoms. The molecular weight excluding hydrogens is 718 g/mol. The molecule has 0 fully saturated rings. The van der Waals surface area contributed by atoms with Crippen LogP contribution < -0.4 is 0 Å². The van der Waals surface area contributed by atoms with Crippen molar-refractivity contribution in [1.29, 1.82) is 0 Å². The maximum atomic E-state index is 12.6. The molecule has 0 saturated heterocycles. The summed E-state index contributed by atoms with van der Waals surface area (Å²) in [5, 5.41) is 18.3. The van der Waals surface area contributed by atoms with Crippen LogP contribution >= 0.6 is 7.82 Å². The Hall–Kier alpha value is -0.550. The fourth-order valence-electron chi connectivity index (χ4n) is 5.75. The van der Waals surface area contributed by atoms with Crippen LogP contribution in [0.4, 0.5) is 0 Å². The zero-order valence-electron chi connectivity index (χ0n) is 34.7. The van der Waals surface area contributed by atoms with Gasteiger partial charge in [0, 0.05) is 42.4 Å². The van der Waals surface area contributed by atoms with E-state index in [1.807, 2.05) is 0 Å². The van der Waals surface area contributed by atoms with E-state index in [1.54, 1.807) is 0 Å². The number of allylic oxidation sites excluding steroid dienone is 4. The molecule has 2 unspecified atom stereocenters. The summed E-state index contributed by atoms with van der Waals surface area (Å²) in [5.74, 6) is -0.940. The number of unbranched alkanes of at least 4 members (excludes halogenated alkanes) is 22. The number of esters is 2. The Morgan fingerprint density at radius 1 is 0.556 bits per heavy atom. The van der Waals surface area contributed by atoms with Gasteiger partial charge in [-0.25, -0.2) is 4.57 Å². The first-order valence-corrected chi connectivity index (χ1v) is 22.8. The van der Waals surface area contributed by atoms with Crippen molar-refractivity contribution in [3.8, 4) is 0 Å². The van der Waals surface area contributed by atoms with Gasteiger partial charge in [0.05, 0.1) is 19.8 Å². The zero-order valence-corrected chi connectivity index (χ0v) is 37.6. The molecule has 0 aromatic rings. The van der Waals surface area contributed by atoms with Crippen molar-refractivity contribution in [3.63, 3.8) is 0 Å². The summed E-state index contributed by atoms with van der Waals surface area (Å²) in [7, 11) is -4.62. The smallest absolute Gasteiger partial charge is 0.462 e. The van der Waals surface area contributed by atoms with E-state index in [0.29, 0.717) is 12.8 Å². The van der Waals surface area contributed by atoms with Gasteiger partial charge < -0.3 is 24.6 Å². The second-order valence-corrected chi connectivity index (χ2v) is 15.8. The minimum atomic E-state index is -4.62. The fourth-order valence-corrected chi connectivity index (χ4v) is 6.54. The van der Waals surface area contributed by atoms with Crippen molar-refractivity contribution in [3.05, 3.63) is 24.3 Å². The van der Waals surface area contributed by atoms with Crippen molar-refractivity contribution in [2.24, 2.45) is 0 Å². The summed E-state index contributed by atoms with van der Waals surface area (Å²) in [4.78, 5) is 34.9. The summed E-state index contributed by atoms with van der Waals surface area (Å²) in [6, 6.07) is 0. The van der Waals surface area contributed by atoms with Gasteiger partial charge in [0.15, 0.2) is 6.10 Å². The zero-order chi connectivity index (χ0) is 39.1. The molecule has 3 N–H and O–H groups in total. The number of carbonyl (C=O) groups is 2. The number of phosphoric ester groups is 1. The quantitative estimate of drug-likeness (QED) is 0.0180. The number of aliphatic hydroxyl groups is 2. The van der Waals surface area contributed by atoms with Crippen LogP contribution in [0.1, 0.15) is 194 Å². The minimum absolute atomic E-state index is 0. The normalized spacial score (nSPS) is 13.9. The van der Waals surface area contributed by atoms with E-state index in [4.69, 9.17) is 19.1 Å². The van der Waals surface area contributed by atoms with E-state index in [0.717, 1.165) is 70.6 Å². The molecule has 0 saturated carbocycles. The number of carbonyl (C=O) groups excluding carboxylic acids is 2. The maximum absolute atomic E-state index is 12.6. The Labute approximate surface area is 351 Å². The molecule has 0 aliphatic heterocycles. The van der Waals surface area contributed by atoms with Crippen LogP contribution in [0.2, 0.25) is 0 Å². The predicted octanol–water partition coefficient (Wildman–Crippen LogP) is 10.6. The topological polar surface area (TPSA) is 149 Å². The molecule has 12 heteroatoms. The molecule has 0 bridgehead atoms. The minimum Gasteiger partial charge on any atom is -0.462 e. The van der Waals surface area contributed by atoms with E-state index >= 15 is 0 Å². The van der Waals surface area contributed by atoms with E-state index in [9.17, 15) is 24.2 Å². The third kappa shape index (κ3) is 41.1. The Kier molecular flexibility index (Phi) is 43.3. The molecule has 10 nitrogen and oxygen atoms in total. The van der Waals surface area contributed by atoms with Gasteiger partial charge >= 0.3 is 19.8 Å². The first-order valence-electron chi connectivity index (χ1n) is 21.3. The Morgan fingerprint density at radius 3 is 1.35 bits per heavy atom. The molecule has 0 aliphatic rings. The number of aliphatic hydroxyl groups excluding tert-OH is 2. The van der Waals surface area contributed by atoms with Gasteiger partial charge in [-0.1, -0.05) is 141 Å². The van der Waals surface area contributed by atoms with E-state index in [2.05, 4.69) is 42.7 Å². The van der Waals surface area contributed by atoms with Gasteiger partial charge in [-0.15, -0.1) is 0 Å². The summed E-state index contributed by atoms with van der Waals surface area (Å²) in [6.45, 7) is 2.36. The SMILES string of the molecule is CCCCCCCC/C=C\CCCCCCCC(=O)OC[C@H](COP(=O)(O)OCC(O)CO)OC(=O)CCCCCCC/C=C\CCCCCCCC.[Na]. The van der Waals surface area contributed by atoms with Crippen LogP contribution in [0.25, 0.3) is 0 Å². The molecule has 1 radical (unpaired) electrons. The third-order valence-corrected chi connectivity index (χ3v) is 10.0. The standard InChI is InChI=1S/C42H79O10P.Na/c1-3-5-7-9-11-13-15-17-19-21-23-25-27-29-31-33-41(45)49-37-40(38-51-53(47,48)50-36-39(44)35-43)52-42(46)34-32-30-28-26-24-22-20-18-16-14-12-10-8-6-4-2;/h17-20,39-40,43-44H,3-16,21-38H2,1-2H3,(H,47,48);/b19-17-,20-18-;/t39?,40-;/m1./s1. The van der Waals surface area contributed by atoms with Crippen molar-refractivity contribution in [2.75, 3.05) is 26.4 Å². The first kappa shape index (κ1) is 55.5. The fraction of sp³-hybridized carbons (Fsp3) is 0.857. The average Bonchev–Trinajstić information content (AvgIpc) is 3.14. The predicted molar refractivity (Wildman–Crippen MR) is 220 cm³/mol. The molecule has 0 rings (SSSR count). The van der Waals surface area contributed by atoms with Crippen molar-refractivity contribution in [1.82, 2.24) is 0 Å². The Balaban J connectivity index is 0. The van der Waals surface area contributed by atoms with Gasteiger partial charge in [0.25, 0.3) is 0 Å². The molecule has 0 heterocycles. The van der Waals surface area contributed by atoms with Gasteiger partial charge in [-0.05, 0) is 64.2 Å². The summed E-state index contributed by atoms with van der Waals surface area (Å²) in [5.41, 5.74) is 0. The molecule has 3 atom stereocenters. The van der Waals surface area contributed by atoms with Crippen LogP contribution in [-0.4, -0.2) is 95.2 Å². The Morgan fingerprint density at radius 2 is 0.926 bits per heavy atom. The van der Waals surface area contributed by atoms with Crippen LogP contribution in [0, 0.1) is 0 Å². The van der Waals surface area contributed by atoms with Crippen molar-refractivity contribution < 1.29 is 47.8 Å². The van der Waals surface area contributed by atoms with Gasteiger partial charge in [0.1, 0.15) is 12.7 Å². The van der Waals surface area contributed by atoms with E-state index < -0.39 is 51.8 Å². The molecule has 0 aromatic carbocycles.